The first-order valence-electron chi connectivity index (χ1n) is 4.91. The number of aromatic amines is 1. The quantitative estimate of drug-likeness (QED) is 0.647. The molecule has 0 aromatic carbocycles. The average molecular weight is 210 g/mol. The molecule has 15 heavy (non-hydrogen) atoms. The number of aromatic nitrogens is 2. The largest absolute Gasteiger partial charge is 0.364 e. The summed E-state index contributed by atoms with van der Waals surface area (Å²) < 4.78 is 5.43. The lowest BCUT2D eigenvalue weighted by Gasteiger charge is -2.24. The van der Waals surface area contributed by atoms with Gasteiger partial charge in [-0.2, -0.15) is 5.10 Å². The van der Waals surface area contributed by atoms with Crippen LogP contribution in [0.4, 0.5) is 5.69 Å². The number of amides is 1. The van der Waals surface area contributed by atoms with Gasteiger partial charge in [-0.05, 0) is 12.8 Å². The zero-order valence-electron chi connectivity index (χ0n) is 8.32. The average Bonchev–Trinajstić information content (AvgIpc) is 2.87. The number of hydrogen-bond donors (Lipinski definition) is 3. The van der Waals surface area contributed by atoms with E-state index in [0.717, 1.165) is 6.42 Å². The fraction of sp³-hybridized carbons (Fsp3) is 0.556. The first-order chi connectivity index (χ1) is 7.27. The highest BCUT2D eigenvalue weighted by Crippen LogP contribution is 2.26. The van der Waals surface area contributed by atoms with E-state index in [-0.39, 0.29) is 12.5 Å². The third kappa shape index (κ3) is 1.86. The van der Waals surface area contributed by atoms with E-state index in [2.05, 4.69) is 15.5 Å². The lowest BCUT2D eigenvalue weighted by Crippen LogP contribution is -2.48. The minimum absolute atomic E-state index is 0.191. The molecule has 4 N–H and O–H groups in total. The molecular weight excluding hydrogens is 196 g/mol. The summed E-state index contributed by atoms with van der Waals surface area (Å²) in [5.41, 5.74) is 5.37. The molecule has 1 atom stereocenters. The lowest BCUT2D eigenvalue weighted by atomic mass is 9.99. The molecule has 2 heterocycles. The van der Waals surface area contributed by atoms with Gasteiger partial charge in [-0.15, -0.1) is 0 Å². The number of nitrogens with two attached hydrogens (primary N) is 1. The Bertz CT molecular complexity index is 330. The van der Waals surface area contributed by atoms with E-state index in [4.69, 9.17) is 10.5 Å². The minimum Gasteiger partial charge on any atom is -0.364 e. The smallest absolute Gasteiger partial charge is 0.258 e. The predicted molar refractivity (Wildman–Crippen MR) is 54.2 cm³/mol. The van der Waals surface area contributed by atoms with Crippen LogP contribution in [0.3, 0.4) is 0 Å². The molecule has 1 fully saturated rings. The number of nitrogens with zero attached hydrogens (tertiary/aromatic N) is 1. The number of ether oxygens (including phenoxy) is 1. The monoisotopic (exact) mass is 210 g/mol. The summed E-state index contributed by atoms with van der Waals surface area (Å²) in [7, 11) is 0. The van der Waals surface area contributed by atoms with Crippen LogP contribution in [0.5, 0.6) is 0 Å². The number of anilines is 1. The van der Waals surface area contributed by atoms with E-state index in [1.165, 1.54) is 6.20 Å². The summed E-state index contributed by atoms with van der Waals surface area (Å²) in [6.07, 6.45) is 4.69. The minimum atomic E-state index is -0.850. The summed E-state index contributed by atoms with van der Waals surface area (Å²) >= 11 is 0. The van der Waals surface area contributed by atoms with Crippen molar-refractivity contribution in [3.63, 3.8) is 0 Å². The van der Waals surface area contributed by atoms with Gasteiger partial charge < -0.3 is 15.8 Å². The topological polar surface area (TPSA) is 93.0 Å². The molecule has 0 bridgehead atoms. The van der Waals surface area contributed by atoms with Crippen LogP contribution >= 0.6 is 0 Å². The van der Waals surface area contributed by atoms with Crippen molar-refractivity contribution in [2.24, 2.45) is 5.73 Å². The van der Waals surface area contributed by atoms with E-state index >= 15 is 0 Å². The maximum absolute atomic E-state index is 11.9. The maximum atomic E-state index is 11.9. The van der Waals surface area contributed by atoms with Crippen LogP contribution in [-0.4, -0.2) is 34.9 Å². The second kappa shape index (κ2) is 4.00. The maximum Gasteiger partial charge on any atom is 0.258 e. The van der Waals surface area contributed by atoms with E-state index in [0.29, 0.717) is 18.7 Å². The number of hydrogen-bond acceptors (Lipinski definition) is 4. The molecule has 1 aromatic rings. The molecule has 1 aliphatic heterocycles. The Balaban J connectivity index is 2.06. The number of carbonyl (C=O) groups is 1. The van der Waals surface area contributed by atoms with Crippen molar-refractivity contribution in [2.75, 3.05) is 18.5 Å². The Kier molecular flexibility index (Phi) is 2.70. The molecule has 1 amide bonds. The van der Waals surface area contributed by atoms with Gasteiger partial charge in [0.2, 0.25) is 0 Å². The highest BCUT2D eigenvalue weighted by Gasteiger charge is 2.41. The highest BCUT2D eigenvalue weighted by molar-refractivity contribution is 5.97. The molecule has 6 heteroatoms. The number of nitrogens with one attached hydrogen (secondary N) is 2. The van der Waals surface area contributed by atoms with Crippen LogP contribution in [0.25, 0.3) is 0 Å². The summed E-state index contributed by atoms with van der Waals surface area (Å²) in [6.45, 7) is 0.798. The molecule has 82 valence electrons. The van der Waals surface area contributed by atoms with Gasteiger partial charge in [0.1, 0.15) is 0 Å². The van der Waals surface area contributed by atoms with E-state index in [9.17, 15) is 4.79 Å². The van der Waals surface area contributed by atoms with Crippen molar-refractivity contribution < 1.29 is 9.53 Å². The first kappa shape index (κ1) is 10.1. The fourth-order valence-electron chi connectivity index (χ4n) is 1.69. The van der Waals surface area contributed by atoms with Gasteiger partial charge in [-0.25, -0.2) is 0 Å². The SMILES string of the molecule is NCC1(C(=O)Nc2cn[nH]c2)CCCO1. The fourth-order valence-corrected chi connectivity index (χ4v) is 1.69. The van der Waals surface area contributed by atoms with E-state index in [1.807, 2.05) is 0 Å². The Hall–Kier alpha value is -1.40. The van der Waals surface area contributed by atoms with Crippen molar-refractivity contribution in [1.82, 2.24) is 10.2 Å². The molecule has 0 radical (unpaired) electrons. The summed E-state index contributed by atoms with van der Waals surface area (Å²) in [5.74, 6) is -0.191. The molecule has 6 nitrogen and oxygen atoms in total. The zero-order valence-corrected chi connectivity index (χ0v) is 8.32. The Morgan fingerprint density at radius 3 is 3.20 bits per heavy atom. The van der Waals surface area contributed by atoms with Crippen LogP contribution in [0.15, 0.2) is 12.4 Å². The van der Waals surface area contributed by atoms with Crippen molar-refractivity contribution in [1.29, 1.82) is 0 Å². The highest BCUT2D eigenvalue weighted by atomic mass is 16.5. The molecule has 2 rings (SSSR count). The van der Waals surface area contributed by atoms with Crippen LogP contribution in [0, 0.1) is 0 Å². The van der Waals surface area contributed by atoms with Crippen molar-refractivity contribution in [3.05, 3.63) is 12.4 Å². The van der Waals surface area contributed by atoms with Gasteiger partial charge in [0.15, 0.2) is 5.60 Å². The van der Waals surface area contributed by atoms with Crippen LogP contribution in [-0.2, 0) is 9.53 Å². The molecule has 1 saturated heterocycles. The standard InChI is InChI=1S/C9H14N4O2/c10-6-9(2-1-3-15-9)8(14)13-7-4-11-12-5-7/h4-5H,1-3,6,10H2,(H,11,12)(H,13,14). The van der Waals surface area contributed by atoms with Crippen LogP contribution < -0.4 is 11.1 Å². The normalized spacial score (nSPS) is 25.4. The summed E-state index contributed by atoms with van der Waals surface area (Å²) in [4.78, 5) is 11.9. The molecule has 1 aromatic heterocycles. The van der Waals surface area contributed by atoms with Gasteiger partial charge in [0.05, 0.1) is 11.9 Å². The predicted octanol–water partition coefficient (Wildman–Crippen LogP) is -0.144. The van der Waals surface area contributed by atoms with Crippen molar-refractivity contribution in [2.45, 2.75) is 18.4 Å². The van der Waals surface area contributed by atoms with Crippen LogP contribution in [0.2, 0.25) is 0 Å². The molecule has 0 spiro atoms. The second-order valence-electron chi connectivity index (χ2n) is 3.59. The molecule has 0 saturated carbocycles. The van der Waals surface area contributed by atoms with Crippen LogP contribution in [0.1, 0.15) is 12.8 Å². The first-order valence-corrected chi connectivity index (χ1v) is 4.91. The van der Waals surface area contributed by atoms with Crippen molar-refractivity contribution >= 4 is 11.6 Å². The second-order valence-corrected chi connectivity index (χ2v) is 3.59. The Morgan fingerprint density at radius 2 is 2.67 bits per heavy atom. The van der Waals surface area contributed by atoms with Crippen molar-refractivity contribution in [3.8, 4) is 0 Å². The third-order valence-corrected chi connectivity index (χ3v) is 2.60. The van der Waals surface area contributed by atoms with E-state index in [1.54, 1.807) is 6.20 Å². The van der Waals surface area contributed by atoms with E-state index < -0.39 is 5.60 Å². The Morgan fingerprint density at radius 1 is 1.80 bits per heavy atom. The van der Waals surface area contributed by atoms with Gasteiger partial charge in [0, 0.05) is 19.3 Å². The zero-order chi connectivity index (χ0) is 10.7. The number of rotatable bonds is 3. The lowest BCUT2D eigenvalue weighted by molar-refractivity contribution is -0.134. The number of H-pyrrole nitrogens is 1. The third-order valence-electron chi connectivity index (χ3n) is 2.60. The van der Waals surface area contributed by atoms with Gasteiger partial charge in [-0.3, -0.25) is 9.89 Å². The molecule has 0 aliphatic carbocycles. The summed E-state index contributed by atoms with van der Waals surface area (Å²) in [5, 5.41) is 9.08. The molecule has 1 aliphatic rings. The Labute approximate surface area is 87.2 Å². The van der Waals surface area contributed by atoms with Gasteiger partial charge in [-0.1, -0.05) is 0 Å². The van der Waals surface area contributed by atoms with Gasteiger partial charge >= 0.3 is 0 Å². The molecule has 1 unspecified atom stereocenters. The number of carbonyl (C=O) groups excluding carboxylic acids is 1. The summed E-state index contributed by atoms with van der Waals surface area (Å²) in [6, 6.07) is 0. The molecular formula is C9H14N4O2. The van der Waals surface area contributed by atoms with Gasteiger partial charge in [0.25, 0.3) is 5.91 Å².